The van der Waals surface area contributed by atoms with Gasteiger partial charge in [0.2, 0.25) is 0 Å². The molecule has 2 aromatic carbocycles. The summed E-state index contributed by atoms with van der Waals surface area (Å²) in [5, 5.41) is 0. The zero-order valence-corrected chi connectivity index (χ0v) is 21.9. The highest BCUT2D eigenvalue weighted by Gasteiger charge is 2.29. The number of hydrogen-bond donors (Lipinski definition) is 0. The van der Waals surface area contributed by atoms with Crippen LogP contribution in [-0.4, -0.2) is 38.6 Å². The second-order valence-electron chi connectivity index (χ2n) is 10.6. The summed E-state index contributed by atoms with van der Waals surface area (Å²) in [5.74, 6) is 3.32. The maximum Gasteiger partial charge on any atom is 0.125 e. The van der Waals surface area contributed by atoms with E-state index in [-0.39, 0.29) is 0 Å². The first-order valence-corrected chi connectivity index (χ1v) is 13.0. The van der Waals surface area contributed by atoms with Gasteiger partial charge in [-0.1, -0.05) is 13.8 Å². The molecule has 2 aromatic rings. The molecule has 4 nitrogen and oxygen atoms in total. The summed E-state index contributed by atoms with van der Waals surface area (Å²) < 4.78 is 23.2. The van der Waals surface area contributed by atoms with Gasteiger partial charge in [0.15, 0.2) is 0 Å². The van der Waals surface area contributed by atoms with Gasteiger partial charge >= 0.3 is 0 Å². The summed E-state index contributed by atoms with van der Waals surface area (Å²) in [6, 6.07) is 9.00. The van der Waals surface area contributed by atoms with Crippen LogP contribution in [0.25, 0.3) is 11.1 Å². The summed E-state index contributed by atoms with van der Waals surface area (Å²) in [6.45, 7) is 16.5. The van der Waals surface area contributed by atoms with E-state index in [1.807, 2.05) is 0 Å². The molecule has 0 amide bonds. The van der Waals surface area contributed by atoms with Crippen LogP contribution in [0.1, 0.15) is 61.8 Å². The van der Waals surface area contributed by atoms with E-state index in [1.54, 1.807) is 0 Å². The lowest BCUT2D eigenvalue weighted by Crippen LogP contribution is -2.07. The summed E-state index contributed by atoms with van der Waals surface area (Å²) >= 11 is 0. The number of ether oxygens (including phenoxy) is 4. The molecule has 186 valence electrons. The van der Waals surface area contributed by atoms with Gasteiger partial charge in [-0.15, -0.1) is 0 Å². The minimum atomic E-state index is 0.484. The van der Waals surface area contributed by atoms with E-state index < -0.39 is 0 Å². The number of benzene rings is 2. The minimum absolute atomic E-state index is 0.484. The van der Waals surface area contributed by atoms with Gasteiger partial charge in [-0.3, -0.25) is 0 Å². The molecule has 0 aliphatic carbocycles. The van der Waals surface area contributed by atoms with Crippen molar-refractivity contribution in [3.05, 3.63) is 46.5 Å². The second-order valence-corrected chi connectivity index (χ2v) is 10.6. The highest BCUT2D eigenvalue weighted by Crippen LogP contribution is 2.35. The van der Waals surface area contributed by atoms with Crippen molar-refractivity contribution in [2.24, 2.45) is 11.8 Å². The zero-order chi connectivity index (χ0) is 24.2. The first kappa shape index (κ1) is 25.1. The maximum absolute atomic E-state index is 6.20. The first-order valence-electron chi connectivity index (χ1n) is 13.0. The third-order valence-electron chi connectivity index (χ3n) is 7.34. The van der Waals surface area contributed by atoms with Gasteiger partial charge < -0.3 is 18.9 Å². The van der Waals surface area contributed by atoms with Crippen LogP contribution in [0.3, 0.4) is 0 Å². The number of hydrogen-bond acceptors (Lipinski definition) is 4. The van der Waals surface area contributed by atoms with Gasteiger partial charge in [0.25, 0.3) is 0 Å². The standard InChI is InChI=1S/C30H42O4/c1-19(27-17-33-27)9-7-11-31-29-21(3)13-25(14-22(29)4)26-15-23(5)30(24(6)16-26)32-12-8-10-20(2)28-18-34-28/h13-16,19-20,27-28H,7-12,17-18H2,1-6H3. The molecule has 4 atom stereocenters. The first-order chi connectivity index (χ1) is 16.3. The molecule has 2 aliphatic heterocycles. The lowest BCUT2D eigenvalue weighted by molar-refractivity contribution is 0.272. The average molecular weight is 467 g/mol. The van der Waals surface area contributed by atoms with Crippen LogP contribution in [-0.2, 0) is 9.47 Å². The van der Waals surface area contributed by atoms with Gasteiger partial charge in [0.05, 0.1) is 38.6 Å². The van der Waals surface area contributed by atoms with Gasteiger partial charge in [0.1, 0.15) is 11.5 Å². The Kier molecular flexibility index (Phi) is 8.21. The van der Waals surface area contributed by atoms with E-state index in [2.05, 4.69) is 65.8 Å². The third kappa shape index (κ3) is 6.55. The van der Waals surface area contributed by atoms with Crippen molar-refractivity contribution in [1.82, 2.24) is 0 Å². The summed E-state index contributed by atoms with van der Waals surface area (Å²) in [4.78, 5) is 0. The van der Waals surface area contributed by atoms with Crippen molar-refractivity contribution >= 4 is 0 Å². The van der Waals surface area contributed by atoms with Crippen LogP contribution in [0.15, 0.2) is 24.3 Å². The molecule has 0 N–H and O–H groups in total. The number of rotatable bonds is 13. The molecule has 2 heterocycles. The van der Waals surface area contributed by atoms with E-state index >= 15 is 0 Å². The van der Waals surface area contributed by atoms with Crippen molar-refractivity contribution in [3.63, 3.8) is 0 Å². The fourth-order valence-electron chi connectivity index (χ4n) is 4.99. The second kappa shape index (κ2) is 11.1. The van der Waals surface area contributed by atoms with Crippen molar-refractivity contribution < 1.29 is 18.9 Å². The Bertz CT molecular complexity index is 848. The van der Waals surface area contributed by atoms with E-state index in [0.29, 0.717) is 24.0 Å². The molecule has 2 aliphatic rings. The van der Waals surface area contributed by atoms with E-state index in [1.165, 1.54) is 33.4 Å². The maximum atomic E-state index is 6.20. The molecule has 2 saturated heterocycles. The molecule has 0 spiro atoms. The van der Waals surface area contributed by atoms with Crippen LogP contribution in [0, 0.1) is 39.5 Å². The molecular formula is C30H42O4. The summed E-state index contributed by atoms with van der Waals surface area (Å²) in [7, 11) is 0. The van der Waals surface area contributed by atoms with Gasteiger partial charge in [0, 0.05) is 0 Å². The smallest absolute Gasteiger partial charge is 0.125 e. The lowest BCUT2D eigenvalue weighted by Gasteiger charge is -2.17. The molecule has 0 bridgehead atoms. The van der Waals surface area contributed by atoms with E-state index in [9.17, 15) is 0 Å². The minimum Gasteiger partial charge on any atom is -0.493 e. The Balaban J connectivity index is 1.34. The Morgan fingerprint density at radius 2 is 1.00 bits per heavy atom. The monoisotopic (exact) mass is 466 g/mol. The molecule has 4 heteroatoms. The summed E-state index contributed by atoms with van der Waals surface area (Å²) in [6.07, 6.45) is 5.41. The third-order valence-corrected chi connectivity index (χ3v) is 7.34. The Hall–Kier alpha value is -2.04. The highest BCUT2D eigenvalue weighted by atomic mass is 16.6. The molecular weight excluding hydrogens is 424 g/mol. The van der Waals surface area contributed by atoms with Crippen LogP contribution < -0.4 is 9.47 Å². The fraction of sp³-hybridized carbons (Fsp3) is 0.600. The van der Waals surface area contributed by atoms with Gasteiger partial charge in [-0.25, -0.2) is 0 Å². The summed E-state index contributed by atoms with van der Waals surface area (Å²) in [5.41, 5.74) is 7.24. The largest absolute Gasteiger partial charge is 0.493 e. The Labute approximate surface area is 205 Å². The average Bonchev–Trinajstić information content (AvgIpc) is 3.69. The van der Waals surface area contributed by atoms with Crippen LogP contribution in [0.2, 0.25) is 0 Å². The predicted molar refractivity (Wildman–Crippen MR) is 138 cm³/mol. The Morgan fingerprint density at radius 3 is 1.29 bits per heavy atom. The molecule has 4 rings (SSSR count). The van der Waals surface area contributed by atoms with Crippen LogP contribution >= 0.6 is 0 Å². The van der Waals surface area contributed by atoms with Crippen LogP contribution in [0.5, 0.6) is 11.5 Å². The highest BCUT2D eigenvalue weighted by molar-refractivity contribution is 5.70. The Morgan fingerprint density at radius 1 is 0.676 bits per heavy atom. The molecule has 0 radical (unpaired) electrons. The van der Waals surface area contributed by atoms with Gasteiger partial charge in [-0.2, -0.15) is 0 Å². The molecule has 0 saturated carbocycles. The predicted octanol–water partition coefficient (Wildman–Crippen LogP) is 6.98. The fourth-order valence-corrected chi connectivity index (χ4v) is 4.99. The number of aryl methyl sites for hydroxylation is 4. The lowest BCUT2D eigenvalue weighted by atomic mass is 9.96. The van der Waals surface area contributed by atoms with Crippen molar-refractivity contribution in [2.75, 3.05) is 26.4 Å². The molecule has 0 aromatic heterocycles. The van der Waals surface area contributed by atoms with Crippen molar-refractivity contribution in [2.45, 2.75) is 79.4 Å². The topological polar surface area (TPSA) is 43.5 Å². The van der Waals surface area contributed by atoms with Crippen molar-refractivity contribution in [1.29, 1.82) is 0 Å². The van der Waals surface area contributed by atoms with E-state index in [4.69, 9.17) is 18.9 Å². The number of epoxide rings is 2. The van der Waals surface area contributed by atoms with Crippen molar-refractivity contribution in [3.8, 4) is 22.6 Å². The van der Waals surface area contributed by atoms with E-state index in [0.717, 1.165) is 63.6 Å². The zero-order valence-electron chi connectivity index (χ0n) is 21.9. The molecule has 34 heavy (non-hydrogen) atoms. The molecule has 2 fully saturated rings. The van der Waals surface area contributed by atoms with Crippen LogP contribution in [0.4, 0.5) is 0 Å². The molecule has 4 unspecified atom stereocenters. The quantitative estimate of drug-likeness (QED) is 0.236. The van der Waals surface area contributed by atoms with Gasteiger partial charge in [-0.05, 0) is 123 Å². The normalized spacial score (nSPS) is 20.6. The SMILES string of the molecule is Cc1cc(-c2cc(C)c(OCCCC(C)C3CO3)c(C)c2)cc(C)c1OCCCC(C)C1CO1.